The molecule has 2 nitrogen and oxygen atoms in total. The third kappa shape index (κ3) is 1.31. The second kappa shape index (κ2) is 2.73. The van der Waals surface area contributed by atoms with Crippen LogP contribution in [0.15, 0.2) is 0 Å². The van der Waals surface area contributed by atoms with E-state index in [0.717, 1.165) is 6.42 Å². The summed E-state index contributed by atoms with van der Waals surface area (Å²) in [5.74, 6) is 0.458. The summed E-state index contributed by atoms with van der Waals surface area (Å²) in [5.41, 5.74) is -1.16. The molecule has 0 amide bonds. The number of hydrogen-bond donors (Lipinski definition) is 1. The van der Waals surface area contributed by atoms with Crippen molar-refractivity contribution in [3.05, 3.63) is 0 Å². The fourth-order valence-electron chi connectivity index (χ4n) is 3.20. The van der Waals surface area contributed by atoms with E-state index < -0.39 is 5.60 Å². The van der Waals surface area contributed by atoms with Crippen molar-refractivity contribution in [2.75, 3.05) is 0 Å². The van der Waals surface area contributed by atoms with Gasteiger partial charge in [-0.05, 0) is 46.5 Å². The molecule has 1 saturated carbocycles. The largest absolute Gasteiger partial charge is 0.386 e. The van der Waals surface area contributed by atoms with Crippen molar-refractivity contribution in [1.82, 2.24) is 0 Å². The minimum absolute atomic E-state index is 0.173. The molecule has 1 unspecified atom stereocenters. The molecule has 0 bridgehead atoms. The molecular weight excluding hydrogens is 176 g/mol. The average Bonchev–Trinajstić information content (AvgIpc) is 1.89. The van der Waals surface area contributed by atoms with E-state index in [-0.39, 0.29) is 11.2 Å². The Labute approximate surface area is 86.6 Å². The van der Waals surface area contributed by atoms with Crippen molar-refractivity contribution in [2.24, 2.45) is 5.92 Å². The van der Waals surface area contributed by atoms with Crippen LogP contribution in [0.4, 0.5) is 0 Å². The highest BCUT2D eigenvalue weighted by Crippen LogP contribution is 2.53. The van der Waals surface area contributed by atoms with E-state index in [9.17, 15) is 5.11 Å². The molecule has 1 atom stereocenters. The van der Waals surface area contributed by atoms with Gasteiger partial charge in [0.1, 0.15) is 0 Å². The Bertz CT molecular complexity index is 241. The first-order valence-corrected chi connectivity index (χ1v) is 5.69. The molecular formula is C12H22O2. The van der Waals surface area contributed by atoms with Crippen molar-refractivity contribution in [3.8, 4) is 0 Å². The lowest BCUT2D eigenvalue weighted by Gasteiger charge is -2.45. The first kappa shape index (κ1) is 10.4. The molecule has 1 heterocycles. The lowest BCUT2D eigenvalue weighted by atomic mass is 9.65. The van der Waals surface area contributed by atoms with Gasteiger partial charge < -0.3 is 9.84 Å². The first-order valence-electron chi connectivity index (χ1n) is 5.69. The van der Waals surface area contributed by atoms with Crippen LogP contribution in [0.3, 0.4) is 0 Å². The van der Waals surface area contributed by atoms with Gasteiger partial charge in [0.15, 0.2) is 0 Å². The Balaban J connectivity index is 2.25. The topological polar surface area (TPSA) is 29.5 Å². The van der Waals surface area contributed by atoms with Crippen molar-refractivity contribution in [1.29, 1.82) is 0 Å². The van der Waals surface area contributed by atoms with Gasteiger partial charge in [0, 0.05) is 6.42 Å². The zero-order chi connectivity index (χ0) is 10.6. The standard InChI is InChI=1S/C12H22O2/c1-10(2)8-12(13,9-6-5-7-9)11(3,4)14-10/h9,13H,5-8H2,1-4H3. The van der Waals surface area contributed by atoms with Crippen molar-refractivity contribution in [3.63, 3.8) is 0 Å². The van der Waals surface area contributed by atoms with Crippen LogP contribution >= 0.6 is 0 Å². The van der Waals surface area contributed by atoms with Gasteiger partial charge in [-0.3, -0.25) is 0 Å². The van der Waals surface area contributed by atoms with E-state index in [4.69, 9.17) is 4.74 Å². The molecule has 1 saturated heterocycles. The van der Waals surface area contributed by atoms with Gasteiger partial charge in [-0.2, -0.15) is 0 Å². The van der Waals surface area contributed by atoms with Crippen LogP contribution in [0, 0.1) is 5.92 Å². The first-order chi connectivity index (χ1) is 6.27. The van der Waals surface area contributed by atoms with E-state index in [1.807, 2.05) is 13.8 Å². The van der Waals surface area contributed by atoms with Gasteiger partial charge in [0.25, 0.3) is 0 Å². The Hall–Kier alpha value is -0.0800. The monoisotopic (exact) mass is 198 g/mol. The quantitative estimate of drug-likeness (QED) is 0.701. The average molecular weight is 198 g/mol. The van der Waals surface area contributed by atoms with Crippen LogP contribution in [-0.4, -0.2) is 21.9 Å². The van der Waals surface area contributed by atoms with Gasteiger partial charge in [0.05, 0.1) is 16.8 Å². The third-order valence-corrected chi connectivity index (χ3v) is 4.05. The SMILES string of the molecule is CC1(C)CC(O)(C2CCC2)C(C)(C)O1. The zero-order valence-electron chi connectivity index (χ0n) is 9.76. The second-order valence-electron chi connectivity index (χ2n) is 6.10. The normalized spacial score (nSPS) is 40.9. The smallest absolute Gasteiger partial charge is 0.0986 e. The minimum atomic E-state index is -0.602. The predicted octanol–water partition coefficient (Wildman–Crippen LogP) is 2.50. The second-order valence-corrected chi connectivity index (χ2v) is 6.10. The summed E-state index contributed by atoms with van der Waals surface area (Å²) < 4.78 is 5.96. The van der Waals surface area contributed by atoms with Gasteiger partial charge in [0.2, 0.25) is 0 Å². The van der Waals surface area contributed by atoms with E-state index in [2.05, 4.69) is 13.8 Å². The molecule has 0 spiro atoms. The van der Waals surface area contributed by atoms with Crippen LogP contribution in [0.5, 0.6) is 0 Å². The molecule has 1 N–H and O–H groups in total. The molecule has 1 aliphatic heterocycles. The molecule has 1 aliphatic carbocycles. The third-order valence-electron chi connectivity index (χ3n) is 4.05. The van der Waals surface area contributed by atoms with Crippen LogP contribution in [0.25, 0.3) is 0 Å². The van der Waals surface area contributed by atoms with E-state index in [0.29, 0.717) is 5.92 Å². The summed E-state index contributed by atoms with van der Waals surface area (Å²) in [6.07, 6.45) is 4.37. The fraction of sp³-hybridized carbons (Fsp3) is 1.00. The number of ether oxygens (including phenoxy) is 1. The van der Waals surface area contributed by atoms with Crippen molar-refractivity contribution in [2.45, 2.75) is 70.2 Å². The molecule has 0 radical (unpaired) electrons. The Morgan fingerprint density at radius 3 is 2.00 bits per heavy atom. The molecule has 2 rings (SSSR count). The van der Waals surface area contributed by atoms with E-state index >= 15 is 0 Å². The Kier molecular flexibility index (Phi) is 2.04. The molecule has 82 valence electrons. The Morgan fingerprint density at radius 2 is 1.71 bits per heavy atom. The molecule has 2 heteroatoms. The number of aliphatic hydroxyl groups is 1. The summed E-state index contributed by atoms with van der Waals surface area (Å²) in [4.78, 5) is 0. The maximum atomic E-state index is 10.7. The summed E-state index contributed by atoms with van der Waals surface area (Å²) in [7, 11) is 0. The summed E-state index contributed by atoms with van der Waals surface area (Å²) >= 11 is 0. The highest BCUT2D eigenvalue weighted by molar-refractivity contribution is 5.10. The fourth-order valence-corrected chi connectivity index (χ4v) is 3.20. The molecule has 0 aromatic carbocycles. The minimum Gasteiger partial charge on any atom is -0.386 e. The van der Waals surface area contributed by atoms with Gasteiger partial charge in [-0.25, -0.2) is 0 Å². The highest BCUT2D eigenvalue weighted by atomic mass is 16.5. The van der Waals surface area contributed by atoms with Crippen LogP contribution in [0.2, 0.25) is 0 Å². The maximum Gasteiger partial charge on any atom is 0.0986 e. The summed E-state index contributed by atoms with van der Waals surface area (Å²) in [5, 5.41) is 10.7. The maximum absolute atomic E-state index is 10.7. The van der Waals surface area contributed by atoms with Gasteiger partial charge in [-0.1, -0.05) is 6.42 Å². The number of hydrogen-bond acceptors (Lipinski definition) is 2. The Morgan fingerprint density at radius 1 is 1.14 bits per heavy atom. The molecule has 0 aromatic rings. The van der Waals surface area contributed by atoms with Crippen LogP contribution < -0.4 is 0 Å². The van der Waals surface area contributed by atoms with Crippen molar-refractivity contribution >= 4 is 0 Å². The lowest BCUT2D eigenvalue weighted by molar-refractivity contribution is -0.159. The molecule has 14 heavy (non-hydrogen) atoms. The predicted molar refractivity (Wildman–Crippen MR) is 56.2 cm³/mol. The molecule has 2 aliphatic rings. The highest BCUT2D eigenvalue weighted by Gasteiger charge is 2.60. The summed E-state index contributed by atoms with van der Waals surface area (Å²) in [6.45, 7) is 8.21. The van der Waals surface area contributed by atoms with E-state index in [1.54, 1.807) is 0 Å². The van der Waals surface area contributed by atoms with E-state index in [1.165, 1.54) is 19.3 Å². The van der Waals surface area contributed by atoms with Crippen LogP contribution in [-0.2, 0) is 4.74 Å². The van der Waals surface area contributed by atoms with Gasteiger partial charge >= 0.3 is 0 Å². The zero-order valence-corrected chi connectivity index (χ0v) is 9.76. The van der Waals surface area contributed by atoms with Gasteiger partial charge in [-0.15, -0.1) is 0 Å². The van der Waals surface area contributed by atoms with Crippen molar-refractivity contribution < 1.29 is 9.84 Å². The summed E-state index contributed by atoms with van der Waals surface area (Å²) in [6, 6.07) is 0. The lowest BCUT2D eigenvalue weighted by Crippen LogP contribution is -2.54. The molecule has 0 aromatic heterocycles. The molecule has 2 fully saturated rings. The number of rotatable bonds is 1. The van der Waals surface area contributed by atoms with Crippen LogP contribution in [0.1, 0.15) is 53.4 Å².